The fraction of sp³-hybridized carbons (Fsp3) is 0.257. The van der Waals surface area contributed by atoms with Gasteiger partial charge in [-0.3, -0.25) is 0 Å². The van der Waals surface area contributed by atoms with Gasteiger partial charge in [0.2, 0.25) is 0 Å². The fourth-order valence-corrected chi connectivity index (χ4v) is 5.74. The second kappa shape index (κ2) is 11.7. The molecule has 198 valence electrons. The van der Waals surface area contributed by atoms with Crippen LogP contribution in [0.15, 0.2) is 89.4 Å². The first-order valence-corrected chi connectivity index (χ1v) is 14.7. The lowest BCUT2D eigenvalue weighted by atomic mass is 9.89. The molecule has 1 atom stereocenters. The molecule has 5 aromatic rings. The average molecular weight is 579 g/mol. The van der Waals surface area contributed by atoms with E-state index in [9.17, 15) is 0 Å². The van der Waals surface area contributed by atoms with Crippen LogP contribution in [0.5, 0.6) is 0 Å². The molecule has 1 unspecified atom stereocenters. The summed E-state index contributed by atoms with van der Waals surface area (Å²) in [6.45, 7) is 11.1. The van der Waals surface area contributed by atoms with Crippen molar-refractivity contribution in [1.82, 2.24) is 14.8 Å². The Kier molecular flexibility index (Phi) is 8.13. The zero-order chi connectivity index (χ0) is 27.5. The Hall–Kier alpha value is -3.50. The minimum Gasteiger partial charge on any atom is -0.212 e. The van der Waals surface area contributed by atoms with E-state index in [1.54, 1.807) is 0 Å². The van der Waals surface area contributed by atoms with Gasteiger partial charge in [0, 0.05) is 15.6 Å². The van der Waals surface area contributed by atoms with Gasteiger partial charge in [-0.1, -0.05) is 103 Å². The molecular formula is C35H36BrN3. The summed E-state index contributed by atoms with van der Waals surface area (Å²) >= 11 is 3.68. The molecule has 0 aliphatic rings. The molecule has 4 heteroatoms. The lowest BCUT2D eigenvalue weighted by molar-refractivity contribution is 0.713. The maximum absolute atomic E-state index is 5.25. The molecule has 4 aromatic carbocycles. The van der Waals surface area contributed by atoms with E-state index in [0.717, 1.165) is 46.5 Å². The normalized spacial score (nSPS) is 12.1. The smallest absolute Gasteiger partial charge is 0.182 e. The summed E-state index contributed by atoms with van der Waals surface area (Å²) in [6.07, 6.45) is 3.06. The Balaban J connectivity index is 1.83. The quantitative estimate of drug-likeness (QED) is 0.183. The molecular weight excluding hydrogens is 542 g/mol. The molecule has 0 aliphatic heterocycles. The third-order valence-corrected chi connectivity index (χ3v) is 7.86. The Morgan fingerprint density at radius 3 is 2.15 bits per heavy atom. The first-order chi connectivity index (χ1) is 18.9. The lowest BCUT2D eigenvalue weighted by Crippen LogP contribution is -2.10. The van der Waals surface area contributed by atoms with E-state index in [1.165, 1.54) is 39.1 Å². The molecule has 0 saturated carbocycles. The fourth-order valence-electron chi connectivity index (χ4n) is 5.34. The minimum absolute atomic E-state index is 0.364. The van der Waals surface area contributed by atoms with E-state index in [2.05, 4.69) is 140 Å². The van der Waals surface area contributed by atoms with Gasteiger partial charge in [0.25, 0.3) is 0 Å². The third kappa shape index (κ3) is 5.77. The first kappa shape index (κ1) is 27.1. The number of rotatable bonds is 8. The summed E-state index contributed by atoms with van der Waals surface area (Å²) in [5.41, 5.74) is 10.8. The van der Waals surface area contributed by atoms with E-state index in [0.29, 0.717) is 5.92 Å². The highest BCUT2D eigenvalue weighted by atomic mass is 79.9. The second-order valence-electron chi connectivity index (χ2n) is 10.6. The number of aromatic nitrogens is 3. The monoisotopic (exact) mass is 577 g/mol. The summed E-state index contributed by atoms with van der Waals surface area (Å²) in [5.74, 6) is 1.98. The van der Waals surface area contributed by atoms with Gasteiger partial charge in [-0.2, -0.15) is 0 Å². The predicted octanol–water partition coefficient (Wildman–Crippen LogP) is 10.1. The van der Waals surface area contributed by atoms with Crippen LogP contribution in [0.3, 0.4) is 0 Å². The van der Waals surface area contributed by atoms with Crippen molar-refractivity contribution >= 4 is 15.9 Å². The summed E-state index contributed by atoms with van der Waals surface area (Å²) < 4.78 is 3.15. The summed E-state index contributed by atoms with van der Waals surface area (Å²) in [7, 11) is 0. The van der Waals surface area contributed by atoms with E-state index >= 15 is 0 Å². The van der Waals surface area contributed by atoms with Gasteiger partial charge in [0.15, 0.2) is 11.6 Å². The molecule has 0 N–H and O–H groups in total. The predicted molar refractivity (Wildman–Crippen MR) is 168 cm³/mol. The van der Waals surface area contributed by atoms with Crippen molar-refractivity contribution in [3.63, 3.8) is 0 Å². The molecule has 0 amide bonds. The van der Waals surface area contributed by atoms with Crippen LogP contribution in [0.2, 0.25) is 0 Å². The Morgan fingerprint density at radius 2 is 1.49 bits per heavy atom. The molecule has 0 bridgehead atoms. The Labute approximate surface area is 241 Å². The van der Waals surface area contributed by atoms with Gasteiger partial charge in [-0.15, -0.1) is 5.10 Å². The van der Waals surface area contributed by atoms with Crippen molar-refractivity contribution in [2.75, 3.05) is 0 Å². The highest BCUT2D eigenvalue weighted by Crippen LogP contribution is 2.37. The number of hydrogen-bond donors (Lipinski definition) is 0. The summed E-state index contributed by atoms with van der Waals surface area (Å²) in [4.78, 5) is 5.19. The molecule has 1 heterocycles. The van der Waals surface area contributed by atoms with E-state index < -0.39 is 0 Å². The van der Waals surface area contributed by atoms with E-state index in [-0.39, 0.29) is 0 Å². The van der Waals surface area contributed by atoms with Gasteiger partial charge >= 0.3 is 0 Å². The van der Waals surface area contributed by atoms with Crippen LogP contribution < -0.4 is 0 Å². The number of nitrogens with zero attached hydrogens (tertiary/aromatic N) is 3. The number of aryl methyl sites for hydroxylation is 3. The molecule has 5 rings (SSSR count). The maximum atomic E-state index is 5.25. The summed E-state index contributed by atoms with van der Waals surface area (Å²) in [6, 6.07) is 30.4. The van der Waals surface area contributed by atoms with Crippen LogP contribution in [-0.4, -0.2) is 14.8 Å². The van der Waals surface area contributed by atoms with E-state index in [4.69, 9.17) is 10.1 Å². The van der Waals surface area contributed by atoms with Crippen molar-refractivity contribution < 1.29 is 0 Å². The maximum Gasteiger partial charge on any atom is 0.182 e. The second-order valence-corrected chi connectivity index (χ2v) is 11.5. The number of benzene rings is 4. The van der Waals surface area contributed by atoms with Crippen LogP contribution in [-0.2, 0) is 6.42 Å². The van der Waals surface area contributed by atoms with E-state index in [1.807, 2.05) is 0 Å². The van der Waals surface area contributed by atoms with Crippen LogP contribution in [0.25, 0.3) is 39.6 Å². The largest absolute Gasteiger partial charge is 0.212 e. The van der Waals surface area contributed by atoms with Gasteiger partial charge in [-0.25, -0.2) is 9.67 Å². The van der Waals surface area contributed by atoms with Gasteiger partial charge in [-0.05, 0) is 91.3 Å². The van der Waals surface area contributed by atoms with Crippen LogP contribution >= 0.6 is 15.9 Å². The first-order valence-electron chi connectivity index (χ1n) is 13.9. The highest BCUT2D eigenvalue weighted by molar-refractivity contribution is 9.10. The minimum atomic E-state index is 0.364. The molecule has 1 aromatic heterocycles. The molecule has 3 nitrogen and oxygen atoms in total. The number of halogens is 1. The van der Waals surface area contributed by atoms with Crippen molar-refractivity contribution in [2.24, 2.45) is 0 Å². The lowest BCUT2D eigenvalue weighted by Gasteiger charge is -2.22. The molecule has 0 aliphatic carbocycles. The Bertz CT molecular complexity index is 1580. The van der Waals surface area contributed by atoms with Crippen molar-refractivity contribution in [3.8, 4) is 39.6 Å². The molecule has 0 fully saturated rings. The highest BCUT2D eigenvalue weighted by Gasteiger charge is 2.23. The number of hydrogen-bond acceptors (Lipinski definition) is 2. The van der Waals surface area contributed by atoms with Crippen molar-refractivity contribution in [3.05, 3.63) is 112 Å². The topological polar surface area (TPSA) is 30.7 Å². The summed E-state index contributed by atoms with van der Waals surface area (Å²) in [5, 5.41) is 5.25. The van der Waals surface area contributed by atoms with Crippen molar-refractivity contribution in [2.45, 2.75) is 59.8 Å². The SMILES string of the molecule is CCCc1cc(-c2ccccc2)cc(C(C)CC)c1-n1nc(-c2cc(C)cc(C)c2)nc1-c1cccc(Br)c1. The van der Waals surface area contributed by atoms with Gasteiger partial charge in [0.1, 0.15) is 0 Å². The standard InChI is InChI=1S/C35H36BrN3/c1-6-12-27-20-29(26-13-9-8-10-14-26)22-32(25(5)7-2)33(27)39-35(28-15-11-16-31(36)21-28)37-34(38-39)30-18-23(3)17-24(4)19-30/h8-11,13-22,25H,6-7,12H2,1-5H3. The molecule has 39 heavy (non-hydrogen) atoms. The average Bonchev–Trinajstić information content (AvgIpc) is 3.37. The third-order valence-electron chi connectivity index (χ3n) is 7.37. The molecule has 0 saturated heterocycles. The zero-order valence-electron chi connectivity index (χ0n) is 23.5. The van der Waals surface area contributed by atoms with Crippen molar-refractivity contribution in [1.29, 1.82) is 0 Å². The van der Waals surface area contributed by atoms with Gasteiger partial charge < -0.3 is 0 Å². The van der Waals surface area contributed by atoms with Crippen LogP contribution in [0.1, 0.15) is 61.8 Å². The van der Waals surface area contributed by atoms with Crippen LogP contribution in [0, 0.1) is 13.8 Å². The van der Waals surface area contributed by atoms with Crippen LogP contribution in [0.4, 0.5) is 0 Å². The van der Waals surface area contributed by atoms with Gasteiger partial charge in [0.05, 0.1) is 5.69 Å². The molecule has 0 spiro atoms. The molecule has 0 radical (unpaired) electrons. The Morgan fingerprint density at radius 1 is 0.769 bits per heavy atom. The zero-order valence-corrected chi connectivity index (χ0v) is 25.1.